The second-order valence-corrected chi connectivity index (χ2v) is 4.78. The van der Waals surface area contributed by atoms with E-state index in [1.54, 1.807) is 24.3 Å². The molecule has 0 amide bonds. The van der Waals surface area contributed by atoms with Gasteiger partial charge in [0, 0.05) is 17.0 Å². The van der Waals surface area contributed by atoms with Crippen molar-refractivity contribution in [3.05, 3.63) is 47.5 Å². The number of benzene rings is 2. The van der Waals surface area contributed by atoms with Crippen molar-refractivity contribution < 1.29 is 25.2 Å². The fraction of sp³-hybridized carbons (Fsp3) is 0.200. The van der Waals surface area contributed by atoms with Crippen LogP contribution in [0.5, 0.6) is 23.0 Å². The highest BCUT2D eigenvalue weighted by Crippen LogP contribution is 2.46. The van der Waals surface area contributed by atoms with E-state index in [9.17, 15) is 20.4 Å². The van der Waals surface area contributed by atoms with Gasteiger partial charge in [0.15, 0.2) is 23.0 Å². The van der Waals surface area contributed by atoms with Gasteiger partial charge < -0.3 is 25.2 Å². The lowest BCUT2D eigenvalue weighted by Gasteiger charge is -2.19. The van der Waals surface area contributed by atoms with Gasteiger partial charge in [-0.25, -0.2) is 0 Å². The van der Waals surface area contributed by atoms with Crippen LogP contribution in [0.2, 0.25) is 0 Å². The summed E-state index contributed by atoms with van der Waals surface area (Å²) >= 11 is 0. The minimum atomic E-state index is -0.450. The first-order chi connectivity index (χ1) is 9.59. The summed E-state index contributed by atoms with van der Waals surface area (Å²) in [4.78, 5) is 0. The molecule has 2 aromatic carbocycles. The van der Waals surface area contributed by atoms with Crippen LogP contribution >= 0.6 is 0 Å². The van der Waals surface area contributed by atoms with E-state index in [0.717, 1.165) is 0 Å². The molecule has 2 aromatic rings. The van der Waals surface area contributed by atoms with E-state index in [1.165, 1.54) is 12.1 Å². The summed E-state index contributed by atoms with van der Waals surface area (Å²) in [5, 5.41) is 39.3. The average molecular weight is 274 g/mol. The van der Waals surface area contributed by atoms with Crippen LogP contribution in [-0.2, 0) is 4.74 Å². The molecule has 1 fully saturated rings. The first-order valence-electron chi connectivity index (χ1n) is 6.23. The van der Waals surface area contributed by atoms with E-state index >= 15 is 0 Å². The molecule has 20 heavy (non-hydrogen) atoms. The van der Waals surface area contributed by atoms with Gasteiger partial charge in [-0.15, -0.1) is 0 Å². The summed E-state index contributed by atoms with van der Waals surface area (Å²) in [5.41, 5.74) is 0.904. The quantitative estimate of drug-likeness (QED) is 0.507. The molecular weight excluding hydrogens is 260 g/mol. The van der Waals surface area contributed by atoms with E-state index in [4.69, 9.17) is 4.74 Å². The average Bonchev–Trinajstić information content (AvgIpc) is 3.24. The molecule has 5 nitrogen and oxygen atoms in total. The minimum absolute atomic E-state index is 0.199. The van der Waals surface area contributed by atoms with Crippen LogP contribution in [0.3, 0.4) is 0 Å². The lowest BCUT2D eigenvalue weighted by atomic mass is 9.87. The normalized spacial score (nSPS) is 17.4. The Labute approximate surface area is 115 Å². The van der Waals surface area contributed by atoms with Crippen molar-refractivity contribution in [2.75, 3.05) is 6.61 Å². The second kappa shape index (κ2) is 4.61. The van der Waals surface area contributed by atoms with Crippen molar-refractivity contribution in [1.82, 2.24) is 0 Å². The highest BCUT2D eigenvalue weighted by atomic mass is 16.6. The smallest absolute Gasteiger partial charge is 0.161 e. The lowest BCUT2D eigenvalue weighted by molar-refractivity contribution is 0.362. The van der Waals surface area contributed by atoms with Crippen molar-refractivity contribution in [1.29, 1.82) is 0 Å². The second-order valence-electron chi connectivity index (χ2n) is 4.78. The summed E-state index contributed by atoms with van der Waals surface area (Å²) in [5.74, 6) is -1.39. The Morgan fingerprint density at radius 3 is 1.70 bits per heavy atom. The topological polar surface area (TPSA) is 93.5 Å². The molecule has 104 valence electrons. The Hall–Kier alpha value is -2.40. The Bertz CT molecular complexity index is 597. The Morgan fingerprint density at radius 1 is 0.850 bits per heavy atom. The molecule has 3 rings (SSSR count). The molecule has 0 radical (unpaired) electrons. The first kappa shape index (κ1) is 12.6. The van der Waals surface area contributed by atoms with Gasteiger partial charge in [0.2, 0.25) is 0 Å². The van der Waals surface area contributed by atoms with Crippen molar-refractivity contribution in [2.45, 2.75) is 12.0 Å². The fourth-order valence-corrected chi connectivity index (χ4v) is 2.42. The third-order valence-corrected chi connectivity index (χ3v) is 3.49. The molecule has 5 heteroatoms. The summed E-state index contributed by atoms with van der Waals surface area (Å²) in [6.07, 6.45) is -0.199. The Kier molecular flexibility index (Phi) is 2.91. The number of para-hydroxylation sites is 2. The predicted molar refractivity (Wildman–Crippen MR) is 71.1 cm³/mol. The number of ether oxygens (including phenoxy) is 1. The van der Waals surface area contributed by atoms with Crippen molar-refractivity contribution in [3.63, 3.8) is 0 Å². The summed E-state index contributed by atoms with van der Waals surface area (Å²) in [7, 11) is 0. The van der Waals surface area contributed by atoms with Gasteiger partial charge in [-0.05, 0) is 12.1 Å². The van der Waals surface area contributed by atoms with Crippen LogP contribution in [0.1, 0.15) is 17.0 Å². The van der Waals surface area contributed by atoms with Crippen LogP contribution in [0.15, 0.2) is 36.4 Å². The molecule has 1 atom stereocenters. The predicted octanol–water partition coefficient (Wildman–Crippen LogP) is 2.04. The van der Waals surface area contributed by atoms with Crippen LogP contribution < -0.4 is 0 Å². The van der Waals surface area contributed by atoms with Crippen LogP contribution in [0.25, 0.3) is 0 Å². The van der Waals surface area contributed by atoms with Gasteiger partial charge in [-0.2, -0.15) is 0 Å². The molecule has 0 aliphatic carbocycles. The Morgan fingerprint density at radius 2 is 1.30 bits per heavy atom. The van der Waals surface area contributed by atoms with Gasteiger partial charge in [-0.3, -0.25) is 0 Å². The minimum Gasteiger partial charge on any atom is -0.504 e. The molecule has 0 aromatic heterocycles. The molecule has 1 saturated heterocycles. The molecule has 0 saturated carbocycles. The van der Waals surface area contributed by atoms with Crippen LogP contribution in [-0.4, -0.2) is 33.1 Å². The van der Waals surface area contributed by atoms with Crippen LogP contribution in [0.4, 0.5) is 0 Å². The number of rotatable bonds is 3. The molecule has 1 aliphatic rings. The molecule has 4 N–H and O–H groups in total. The Balaban J connectivity index is 2.14. The summed E-state index contributed by atoms with van der Waals surface area (Å²) in [6.45, 7) is 0.495. The number of phenolic OH excluding ortho intramolecular Hbond substituents is 4. The van der Waals surface area contributed by atoms with Gasteiger partial charge in [0.05, 0.1) is 12.7 Å². The standard InChI is InChI=1S/C15H14O5/c16-10-5-1-3-8(14(10)18)13(12-7-20-12)9-4-2-6-11(17)15(9)19/h1-6,12-13,16-19H,7H2. The zero-order valence-electron chi connectivity index (χ0n) is 10.5. The number of aromatic hydroxyl groups is 4. The molecule has 1 aliphatic heterocycles. The molecule has 0 bridgehead atoms. The highest BCUT2D eigenvalue weighted by Gasteiger charge is 2.38. The SMILES string of the molecule is Oc1cccc(C(c2cccc(O)c2O)C2CO2)c1O. The van der Waals surface area contributed by atoms with Crippen LogP contribution in [0, 0.1) is 0 Å². The molecule has 1 heterocycles. The third-order valence-electron chi connectivity index (χ3n) is 3.49. The van der Waals surface area contributed by atoms with E-state index in [-0.39, 0.29) is 29.1 Å². The van der Waals surface area contributed by atoms with Crippen molar-refractivity contribution in [2.24, 2.45) is 0 Å². The summed E-state index contributed by atoms with van der Waals surface area (Å²) in [6, 6.07) is 9.30. The maximum absolute atomic E-state index is 10.0. The molecular formula is C15H14O5. The van der Waals surface area contributed by atoms with E-state index in [2.05, 4.69) is 0 Å². The van der Waals surface area contributed by atoms with Crippen molar-refractivity contribution >= 4 is 0 Å². The van der Waals surface area contributed by atoms with Crippen molar-refractivity contribution in [3.8, 4) is 23.0 Å². The number of phenols is 4. The fourth-order valence-electron chi connectivity index (χ4n) is 2.42. The number of epoxide rings is 1. The summed E-state index contributed by atoms with van der Waals surface area (Å²) < 4.78 is 5.28. The zero-order valence-corrected chi connectivity index (χ0v) is 10.5. The largest absolute Gasteiger partial charge is 0.504 e. The number of hydrogen-bond acceptors (Lipinski definition) is 5. The highest BCUT2D eigenvalue weighted by molar-refractivity contribution is 5.55. The van der Waals surface area contributed by atoms with E-state index in [1.807, 2.05) is 0 Å². The van der Waals surface area contributed by atoms with E-state index < -0.39 is 5.92 Å². The maximum Gasteiger partial charge on any atom is 0.161 e. The molecule has 1 unspecified atom stereocenters. The number of hydrogen-bond donors (Lipinski definition) is 4. The van der Waals surface area contributed by atoms with Gasteiger partial charge in [-0.1, -0.05) is 24.3 Å². The third kappa shape index (κ3) is 2.02. The lowest BCUT2D eigenvalue weighted by Crippen LogP contribution is -2.09. The zero-order chi connectivity index (χ0) is 14.3. The van der Waals surface area contributed by atoms with Gasteiger partial charge in [0.25, 0.3) is 0 Å². The first-order valence-corrected chi connectivity index (χ1v) is 6.23. The van der Waals surface area contributed by atoms with Gasteiger partial charge >= 0.3 is 0 Å². The monoisotopic (exact) mass is 274 g/mol. The van der Waals surface area contributed by atoms with E-state index in [0.29, 0.717) is 17.7 Å². The maximum atomic E-state index is 10.0. The van der Waals surface area contributed by atoms with Gasteiger partial charge in [0.1, 0.15) is 0 Å². The molecule has 0 spiro atoms.